The van der Waals surface area contributed by atoms with Crippen LogP contribution in [0.15, 0.2) is 42.6 Å². The highest BCUT2D eigenvalue weighted by Gasteiger charge is 2.24. The highest BCUT2D eigenvalue weighted by Crippen LogP contribution is 2.38. The summed E-state index contributed by atoms with van der Waals surface area (Å²) in [6, 6.07) is 11.3. The number of anilines is 2. The predicted octanol–water partition coefficient (Wildman–Crippen LogP) is 3.31. The molecule has 0 spiro atoms. The zero-order valence-electron chi connectivity index (χ0n) is 13.5. The standard InChI is InChI=1S/C18H17N3O3/c1-3-14-18(20-9-5-4-6-17(20)19-14)21(12(2)22)13-7-8-15-16(10-13)24-11-23-15/h4-10H,3,11H2,1-2H3. The van der Waals surface area contributed by atoms with Gasteiger partial charge in [0.1, 0.15) is 11.5 Å². The van der Waals surface area contributed by atoms with Gasteiger partial charge in [-0.1, -0.05) is 13.0 Å². The number of benzene rings is 1. The molecule has 0 saturated heterocycles. The van der Waals surface area contributed by atoms with Gasteiger partial charge in [0.05, 0.1) is 11.4 Å². The number of amides is 1. The first-order valence-electron chi connectivity index (χ1n) is 7.85. The topological polar surface area (TPSA) is 56.1 Å². The third-order valence-corrected chi connectivity index (χ3v) is 4.05. The molecule has 4 rings (SSSR count). The number of imidazole rings is 1. The summed E-state index contributed by atoms with van der Waals surface area (Å²) < 4.78 is 12.7. The van der Waals surface area contributed by atoms with Gasteiger partial charge in [-0.25, -0.2) is 4.98 Å². The van der Waals surface area contributed by atoms with Crippen LogP contribution < -0.4 is 14.4 Å². The molecule has 0 N–H and O–H groups in total. The van der Waals surface area contributed by atoms with Crippen molar-refractivity contribution >= 4 is 23.1 Å². The van der Waals surface area contributed by atoms with Crippen LogP contribution >= 0.6 is 0 Å². The predicted molar refractivity (Wildman–Crippen MR) is 90.0 cm³/mol. The molecule has 2 aromatic heterocycles. The minimum absolute atomic E-state index is 0.0887. The van der Waals surface area contributed by atoms with E-state index in [1.54, 1.807) is 11.8 Å². The molecule has 24 heavy (non-hydrogen) atoms. The van der Waals surface area contributed by atoms with Crippen molar-refractivity contribution in [1.29, 1.82) is 0 Å². The van der Waals surface area contributed by atoms with Crippen molar-refractivity contribution in [2.24, 2.45) is 0 Å². The van der Waals surface area contributed by atoms with Gasteiger partial charge in [-0.2, -0.15) is 0 Å². The Kier molecular flexibility index (Phi) is 3.37. The molecule has 3 heterocycles. The summed E-state index contributed by atoms with van der Waals surface area (Å²) in [7, 11) is 0. The number of pyridine rings is 1. The summed E-state index contributed by atoms with van der Waals surface area (Å²) >= 11 is 0. The van der Waals surface area contributed by atoms with E-state index in [9.17, 15) is 4.79 Å². The number of hydrogen-bond acceptors (Lipinski definition) is 4. The van der Waals surface area contributed by atoms with Crippen molar-refractivity contribution in [2.45, 2.75) is 20.3 Å². The number of carbonyl (C=O) groups is 1. The first-order chi connectivity index (χ1) is 11.7. The first kappa shape index (κ1) is 14.6. The number of rotatable bonds is 3. The lowest BCUT2D eigenvalue weighted by atomic mass is 10.2. The van der Waals surface area contributed by atoms with Crippen LogP contribution in [-0.4, -0.2) is 22.1 Å². The van der Waals surface area contributed by atoms with Gasteiger partial charge < -0.3 is 9.47 Å². The molecule has 0 atom stereocenters. The van der Waals surface area contributed by atoms with Crippen molar-refractivity contribution in [2.75, 3.05) is 11.7 Å². The summed E-state index contributed by atoms with van der Waals surface area (Å²) in [6.45, 7) is 3.78. The molecule has 6 nitrogen and oxygen atoms in total. The largest absolute Gasteiger partial charge is 0.454 e. The van der Waals surface area contributed by atoms with E-state index in [1.807, 2.05) is 53.9 Å². The fraction of sp³-hybridized carbons (Fsp3) is 0.222. The van der Waals surface area contributed by atoms with Crippen LogP contribution in [0.3, 0.4) is 0 Å². The van der Waals surface area contributed by atoms with Crippen molar-refractivity contribution in [3.63, 3.8) is 0 Å². The monoisotopic (exact) mass is 323 g/mol. The van der Waals surface area contributed by atoms with Crippen molar-refractivity contribution in [3.8, 4) is 11.5 Å². The SMILES string of the molecule is CCc1nc2ccccn2c1N(C(C)=O)c1ccc2c(c1)OCO2. The molecule has 0 radical (unpaired) electrons. The number of nitrogens with zero attached hydrogens (tertiary/aromatic N) is 3. The molecule has 0 bridgehead atoms. The molecular weight excluding hydrogens is 306 g/mol. The van der Waals surface area contributed by atoms with E-state index in [0.29, 0.717) is 11.5 Å². The lowest BCUT2D eigenvalue weighted by Crippen LogP contribution is -2.25. The van der Waals surface area contributed by atoms with Gasteiger partial charge in [0, 0.05) is 19.2 Å². The fourth-order valence-electron chi connectivity index (χ4n) is 2.98. The smallest absolute Gasteiger partial charge is 0.231 e. The summed E-state index contributed by atoms with van der Waals surface area (Å²) in [6.07, 6.45) is 2.64. The zero-order chi connectivity index (χ0) is 16.7. The van der Waals surface area contributed by atoms with Crippen LogP contribution in [0.2, 0.25) is 0 Å². The van der Waals surface area contributed by atoms with Gasteiger partial charge >= 0.3 is 0 Å². The van der Waals surface area contributed by atoms with E-state index < -0.39 is 0 Å². The maximum Gasteiger partial charge on any atom is 0.231 e. The van der Waals surface area contributed by atoms with Gasteiger partial charge in [0.25, 0.3) is 0 Å². The molecule has 1 aromatic carbocycles. The number of carbonyl (C=O) groups excluding carboxylic acids is 1. The molecule has 0 saturated carbocycles. The highest BCUT2D eigenvalue weighted by molar-refractivity contribution is 5.99. The van der Waals surface area contributed by atoms with Crippen LogP contribution in [0.25, 0.3) is 5.65 Å². The number of aromatic nitrogens is 2. The first-order valence-corrected chi connectivity index (χ1v) is 7.85. The molecule has 122 valence electrons. The van der Waals surface area contributed by atoms with E-state index in [-0.39, 0.29) is 12.7 Å². The summed E-state index contributed by atoms with van der Waals surface area (Å²) in [5, 5.41) is 0. The van der Waals surface area contributed by atoms with E-state index in [1.165, 1.54) is 0 Å². The molecule has 3 aromatic rings. The minimum atomic E-state index is -0.0887. The Labute approximate surface area is 139 Å². The van der Waals surface area contributed by atoms with E-state index >= 15 is 0 Å². The van der Waals surface area contributed by atoms with Crippen molar-refractivity contribution in [1.82, 2.24) is 9.38 Å². The lowest BCUT2D eigenvalue weighted by molar-refractivity contribution is -0.115. The third-order valence-electron chi connectivity index (χ3n) is 4.05. The zero-order valence-corrected chi connectivity index (χ0v) is 13.5. The van der Waals surface area contributed by atoms with Gasteiger partial charge in [-0.3, -0.25) is 14.1 Å². The Morgan fingerprint density at radius 2 is 2.08 bits per heavy atom. The van der Waals surface area contributed by atoms with E-state index in [0.717, 1.165) is 29.3 Å². The van der Waals surface area contributed by atoms with Gasteiger partial charge in [-0.05, 0) is 30.7 Å². The number of ether oxygens (including phenoxy) is 2. The van der Waals surface area contributed by atoms with E-state index in [4.69, 9.17) is 9.47 Å². The van der Waals surface area contributed by atoms with Gasteiger partial charge in [0.15, 0.2) is 11.5 Å². The minimum Gasteiger partial charge on any atom is -0.454 e. The number of hydrogen-bond donors (Lipinski definition) is 0. The Bertz CT molecular complexity index is 932. The molecule has 0 unspecified atom stereocenters. The molecule has 1 aliphatic rings. The van der Waals surface area contributed by atoms with Crippen LogP contribution in [-0.2, 0) is 11.2 Å². The second kappa shape index (κ2) is 5.56. The third kappa shape index (κ3) is 2.19. The summed E-state index contributed by atoms with van der Waals surface area (Å²) in [5.74, 6) is 2.01. The average Bonchev–Trinajstić information content (AvgIpc) is 3.19. The van der Waals surface area contributed by atoms with Gasteiger partial charge in [0.2, 0.25) is 12.7 Å². The lowest BCUT2D eigenvalue weighted by Gasteiger charge is -2.22. The Balaban J connectivity index is 1.92. The van der Waals surface area contributed by atoms with Crippen LogP contribution in [0.5, 0.6) is 11.5 Å². The summed E-state index contributed by atoms with van der Waals surface area (Å²) in [5.41, 5.74) is 2.41. The second-order valence-corrected chi connectivity index (χ2v) is 5.56. The second-order valence-electron chi connectivity index (χ2n) is 5.56. The molecule has 0 fully saturated rings. The normalized spacial score (nSPS) is 12.6. The van der Waals surface area contributed by atoms with Crippen LogP contribution in [0.4, 0.5) is 11.5 Å². The van der Waals surface area contributed by atoms with Crippen molar-refractivity contribution in [3.05, 3.63) is 48.3 Å². The molecule has 1 aliphatic heterocycles. The number of fused-ring (bicyclic) bond motifs is 2. The Morgan fingerprint density at radius 3 is 2.88 bits per heavy atom. The van der Waals surface area contributed by atoms with Gasteiger partial charge in [-0.15, -0.1) is 0 Å². The van der Waals surface area contributed by atoms with Crippen LogP contribution in [0.1, 0.15) is 19.5 Å². The Morgan fingerprint density at radius 1 is 1.25 bits per heavy atom. The molecule has 0 aliphatic carbocycles. The quantitative estimate of drug-likeness (QED) is 0.742. The number of aryl methyl sites for hydroxylation is 1. The maximum absolute atomic E-state index is 12.5. The highest BCUT2D eigenvalue weighted by atomic mass is 16.7. The summed E-state index contributed by atoms with van der Waals surface area (Å²) in [4.78, 5) is 18.8. The fourth-order valence-corrected chi connectivity index (χ4v) is 2.98. The molecular formula is C18H17N3O3. The molecule has 6 heteroatoms. The molecule has 1 amide bonds. The van der Waals surface area contributed by atoms with E-state index in [2.05, 4.69) is 4.98 Å². The van der Waals surface area contributed by atoms with Crippen molar-refractivity contribution < 1.29 is 14.3 Å². The average molecular weight is 323 g/mol. The Hall–Kier alpha value is -3.02. The van der Waals surface area contributed by atoms with Crippen LogP contribution in [0, 0.1) is 0 Å². The maximum atomic E-state index is 12.5.